The second-order valence-electron chi connectivity index (χ2n) is 13.4. The fraction of sp³-hybridized carbons (Fsp3) is 0.405. The largest absolute Gasteiger partial charge is 1.00 e. The highest BCUT2D eigenvalue weighted by Gasteiger charge is 2.37. The molecule has 0 radical (unpaired) electrons. The minimum atomic E-state index is -0.802. The van der Waals surface area contributed by atoms with Crippen molar-refractivity contribution in [2.45, 2.75) is 64.1 Å². The van der Waals surface area contributed by atoms with Crippen LogP contribution in [0.25, 0.3) is 0 Å². The van der Waals surface area contributed by atoms with E-state index in [2.05, 4.69) is 24.7 Å². The van der Waals surface area contributed by atoms with Crippen LogP contribution in [-0.2, 0) is 27.3 Å². The SMILES string of the molecule is Cc1cc(NC(=O)C(CC2CC[N+](C)(C)CC2)NC(=O)C2Cc3ccccc3CN2C(=O)CCC(=O)c2ccccc2)ccc1Cl.[I-]. The van der Waals surface area contributed by atoms with Crippen LogP contribution in [0, 0.1) is 12.8 Å². The van der Waals surface area contributed by atoms with E-state index in [-0.39, 0.29) is 72.8 Å². The molecule has 2 unspecified atom stereocenters. The Morgan fingerprint density at radius 2 is 1.57 bits per heavy atom. The Labute approximate surface area is 299 Å². The lowest BCUT2D eigenvalue weighted by Crippen LogP contribution is -3.00. The van der Waals surface area contributed by atoms with Crippen LogP contribution in [0.5, 0.6) is 0 Å². The first-order valence-electron chi connectivity index (χ1n) is 16.1. The average Bonchev–Trinajstić information content (AvgIpc) is 3.05. The van der Waals surface area contributed by atoms with Gasteiger partial charge in [-0.3, -0.25) is 19.2 Å². The number of Topliss-reactive ketones (excluding diaryl/α,β-unsaturated/α-hetero) is 1. The van der Waals surface area contributed by atoms with Crippen molar-refractivity contribution in [3.8, 4) is 0 Å². The molecule has 2 atom stereocenters. The fourth-order valence-corrected chi connectivity index (χ4v) is 6.61. The lowest BCUT2D eigenvalue weighted by atomic mass is 9.88. The van der Waals surface area contributed by atoms with Gasteiger partial charge in [0.25, 0.3) is 0 Å². The molecule has 10 heteroatoms. The van der Waals surface area contributed by atoms with Crippen molar-refractivity contribution in [1.29, 1.82) is 0 Å². The van der Waals surface area contributed by atoms with Crippen LogP contribution in [0.1, 0.15) is 59.2 Å². The predicted molar refractivity (Wildman–Crippen MR) is 180 cm³/mol. The number of hydrogen-bond donors (Lipinski definition) is 2. The molecule has 0 bridgehead atoms. The van der Waals surface area contributed by atoms with Gasteiger partial charge >= 0.3 is 0 Å². The maximum Gasteiger partial charge on any atom is 0.246 e. The molecule has 47 heavy (non-hydrogen) atoms. The molecule has 2 aliphatic rings. The average molecular weight is 771 g/mol. The number of fused-ring (bicyclic) bond motifs is 1. The van der Waals surface area contributed by atoms with Gasteiger partial charge in [-0.05, 0) is 67.0 Å². The summed E-state index contributed by atoms with van der Waals surface area (Å²) in [5.74, 6) is -0.754. The number of amides is 3. The Hall–Kier alpha value is -3.28. The number of piperidine rings is 1. The van der Waals surface area contributed by atoms with E-state index >= 15 is 0 Å². The van der Waals surface area contributed by atoms with Crippen LogP contribution < -0.4 is 34.6 Å². The number of quaternary nitrogens is 1. The quantitative estimate of drug-likeness (QED) is 0.189. The topological polar surface area (TPSA) is 95.6 Å². The molecule has 2 aliphatic heterocycles. The maximum atomic E-state index is 14.1. The van der Waals surface area contributed by atoms with Gasteiger partial charge in [0.1, 0.15) is 12.1 Å². The third kappa shape index (κ3) is 9.64. The molecule has 5 rings (SSSR count). The Bertz CT molecular complexity index is 1590. The minimum absolute atomic E-state index is 0. The van der Waals surface area contributed by atoms with Gasteiger partial charge in [0.15, 0.2) is 5.78 Å². The Morgan fingerprint density at radius 3 is 2.26 bits per heavy atom. The lowest BCUT2D eigenvalue weighted by molar-refractivity contribution is -0.896. The van der Waals surface area contributed by atoms with E-state index in [9.17, 15) is 19.2 Å². The molecule has 0 aliphatic carbocycles. The highest BCUT2D eigenvalue weighted by atomic mass is 127. The molecule has 2 heterocycles. The smallest absolute Gasteiger partial charge is 0.246 e. The molecular weight excluding hydrogens is 727 g/mol. The maximum absolute atomic E-state index is 14.1. The van der Waals surface area contributed by atoms with E-state index < -0.39 is 12.1 Å². The van der Waals surface area contributed by atoms with Crippen molar-refractivity contribution < 1.29 is 47.6 Å². The number of nitrogens with zero attached hydrogens (tertiary/aromatic N) is 2. The van der Waals surface area contributed by atoms with Crippen molar-refractivity contribution in [2.75, 3.05) is 32.5 Å². The molecule has 3 aromatic carbocycles. The third-order valence-corrected chi connectivity index (χ3v) is 9.87. The number of benzene rings is 3. The molecule has 0 saturated carbocycles. The van der Waals surface area contributed by atoms with E-state index in [1.807, 2.05) is 43.3 Å². The van der Waals surface area contributed by atoms with Crippen molar-refractivity contribution >= 4 is 40.8 Å². The van der Waals surface area contributed by atoms with Gasteiger partial charge in [0, 0.05) is 42.1 Å². The third-order valence-electron chi connectivity index (χ3n) is 9.45. The van der Waals surface area contributed by atoms with Gasteiger partial charge in [-0.1, -0.05) is 66.2 Å². The summed E-state index contributed by atoms with van der Waals surface area (Å²) in [6.07, 6.45) is 2.81. The van der Waals surface area contributed by atoms with Crippen molar-refractivity contribution in [3.63, 3.8) is 0 Å². The zero-order valence-corrected chi connectivity index (χ0v) is 30.2. The number of carbonyl (C=O) groups is 4. The summed E-state index contributed by atoms with van der Waals surface area (Å²) >= 11 is 6.21. The normalized spacial score (nSPS) is 17.9. The Morgan fingerprint density at radius 1 is 0.915 bits per heavy atom. The Balaban J connectivity index is 0.00000500. The summed E-state index contributed by atoms with van der Waals surface area (Å²) in [6.45, 7) is 4.15. The Kier molecular flexibility index (Phi) is 12.6. The molecule has 1 saturated heterocycles. The van der Waals surface area contributed by atoms with E-state index in [1.54, 1.807) is 41.3 Å². The predicted octanol–water partition coefficient (Wildman–Crippen LogP) is 2.57. The van der Waals surface area contributed by atoms with Crippen LogP contribution in [0.4, 0.5) is 5.69 Å². The molecule has 3 amide bonds. The lowest BCUT2D eigenvalue weighted by Gasteiger charge is -2.39. The molecule has 250 valence electrons. The van der Waals surface area contributed by atoms with Crippen molar-refractivity contribution in [3.05, 3.63) is 100 Å². The standard InChI is InChI=1S/C37H43ClN4O4.HI/c1-25-21-30(13-14-31(25)38)39-36(45)32(22-26-17-19-42(2,3)20-18-26)40-37(46)33-23-28-11-7-8-12-29(28)24-41(33)35(44)16-15-34(43)27-9-5-4-6-10-27;/h4-14,21,26,32-33H,15-20,22-24H2,1-3H3,(H-,39,40,45,46);1H. The summed E-state index contributed by atoms with van der Waals surface area (Å²) in [5.41, 5.74) is 3.98. The van der Waals surface area contributed by atoms with Crippen molar-refractivity contribution in [1.82, 2.24) is 10.2 Å². The monoisotopic (exact) mass is 770 g/mol. The first-order chi connectivity index (χ1) is 22.0. The summed E-state index contributed by atoms with van der Waals surface area (Å²) in [7, 11) is 4.43. The van der Waals surface area contributed by atoms with E-state index in [4.69, 9.17) is 11.6 Å². The number of carbonyl (C=O) groups excluding carboxylic acids is 4. The highest BCUT2D eigenvalue weighted by molar-refractivity contribution is 6.31. The summed E-state index contributed by atoms with van der Waals surface area (Å²) in [4.78, 5) is 55.9. The van der Waals surface area contributed by atoms with Crippen LogP contribution in [0.3, 0.4) is 0 Å². The zero-order chi connectivity index (χ0) is 32.8. The number of rotatable bonds is 10. The molecule has 1 fully saturated rings. The van der Waals surface area contributed by atoms with Gasteiger partial charge in [-0.25, -0.2) is 0 Å². The second kappa shape index (κ2) is 16.2. The number of aryl methyl sites for hydroxylation is 1. The van der Waals surface area contributed by atoms with E-state index in [0.717, 1.165) is 47.1 Å². The number of ketones is 1. The van der Waals surface area contributed by atoms with Crippen LogP contribution in [-0.4, -0.2) is 72.2 Å². The van der Waals surface area contributed by atoms with Crippen LogP contribution in [0.15, 0.2) is 72.8 Å². The number of hydrogen-bond acceptors (Lipinski definition) is 4. The van der Waals surface area contributed by atoms with Gasteiger partial charge in [-0.15, -0.1) is 0 Å². The number of likely N-dealkylation sites (tertiary alicyclic amines) is 1. The van der Waals surface area contributed by atoms with Crippen LogP contribution >= 0.6 is 11.6 Å². The first kappa shape index (κ1) is 36.6. The van der Waals surface area contributed by atoms with Gasteiger partial charge < -0.3 is 44.0 Å². The molecule has 8 nitrogen and oxygen atoms in total. The van der Waals surface area contributed by atoms with Gasteiger partial charge in [0.05, 0.1) is 27.2 Å². The van der Waals surface area contributed by atoms with Gasteiger partial charge in [0.2, 0.25) is 17.7 Å². The first-order valence-corrected chi connectivity index (χ1v) is 16.5. The van der Waals surface area contributed by atoms with E-state index in [1.165, 1.54) is 0 Å². The number of nitrogens with one attached hydrogen (secondary N) is 2. The van der Waals surface area contributed by atoms with E-state index in [0.29, 0.717) is 29.1 Å². The summed E-state index contributed by atoms with van der Waals surface area (Å²) in [6, 6.07) is 20.4. The highest BCUT2D eigenvalue weighted by Crippen LogP contribution is 2.28. The molecule has 0 aromatic heterocycles. The van der Waals surface area contributed by atoms with Crippen molar-refractivity contribution in [2.24, 2.45) is 5.92 Å². The minimum Gasteiger partial charge on any atom is -1.00 e. The molecule has 0 spiro atoms. The molecular formula is C37H44ClIN4O4. The molecule has 2 N–H and O–H groups in total. The second-order valence-corrected chi connectivity index (χ2v) is 13.8. The summed E-state index contributed by atoms with van der Waals surface area (Å²) < 4.78 is 0.940. The summed E-state index contributed by atoms with van der Waals surface area (Å²) in [5, 5.41) is 6.66. The number of halogens is 2. The fourth-order valence-electron chi connectivity index (χ4n) is 6.49. The van der Waals surface area contributed by atoms with Crippen LogP contribution in [0.2, 0.25) is 5.02 Å². The molecule has 3 aromatic rings. The van der Waals surface area contributed by atoms with Gasteiger partial charge in [-0.2, -0.15) is 0 Å². The number of anilines is 1. The zero-order valence-electron chi connectivity index (χ0n) is 27.3.